The number of unbranched alkanes of at least 4 members (excludes halogenated alkanes) is 6. The van der Waals surface area contributed by atoms with E-state index in [9.17, 15) is 19.5 Å². The van der Waals surface area contributed by atoms with Crippen LogP contribution in [0.5, 0.6) is 0 Å². The number of nitrogens with zero attached hydrogens (tertiary/aromatic N) is 1. The van der Waals surface area contributed by atoms with E-state index in [0.717, 1.165) is 64.2 Å². The molecule has 0 amide bonds. The fraction of sp³-hybridized carbons (Fsp3) is 0.585. The van der Waals surface area contributed by atoms with Gasteiger partial charge in [-0.15, -0.1) is 0 Å². The first-order valence-corrected chi connectivity index (χ1v) is 18.2. The summed E-state index contributed by atoms with van der Waals surface area (Å²) in [5.41, 5.74) is 0. The quantitative estimate of drug-likeness (QED) is 0.0265. The second kappa shape index (κ2) is 31.8. The summed E-state index contributed by atoms with van der Waals surface area (Å²) >= 11 is 0. The molecular weight excluding hydrogens is 618 g/mol. The number of carbonyl (C=O) groups is 3. The Morgan fingerprint density at radius 2 is 1.20 bits per heavy atom. The zero-order valence-corrected chi connectivity index (χ0v) is 31.1. The molecule has 0 rings (SSSR count). The van der Waals surface area contributed by atoms with Crippen molar-refractivity contribution in [3.05, 3.63) is 85.1 Å². The molecule has 0 aliphatic rings. The molecular formula is C41H66NO7+. The normalized spacial score (nSPS) is 14.1. The van der Waals surface area contributed by atoms with Crippen molar-refractivity contribution >= 4 is 17.9 Å². The van der Waals surface area contributed by atoms with Crippen LogP contribution in [0.1, 0.15) is 104 Å². The minimum Gasteiger partial charge on any atom is -0.477 e. The van der Waals surface area contributed by atoms with Crippen molar-refractivity contribution in [2.45, 2.75) is 116 Å². The summed E-state index contributed by atoms with van der Waals surface area (Å²) in [7, 11) is 5.47. The highest BCUT2D eigenvalue weighted by Crippen LogP contribution is 2.12. The monoisotopic (exact) mass is 684 g/mol. The Balaban J connectivity index is 4.62. The zero-order valence-electron chi connectivity index (χ0n) is 31.1. The molecule has 0 fully saturated rings. The molecule has 0 bridgehead atoms. The predicted molar refractivity (Wildman–Crippen MR) is 201 cm³/mol. The van der Waals surface area contributed by atoms with Crippen molar-refractivity contribution in [2.24, 2.45) is 0 Å². The fourth-order valence-electron chi connectivity index (χ4n) is 4.63. The third kappa shape index (κ3) is 30.3. The number of hydrogen-bond donors (Lipinski definition) is 1. The summed E-state index contributed by atoms with van der Waals surface area (Å²) in [6.07, 6.45) is 39.3. The second-order valence-electron chi connectivity index (χ2n) is 12.8. The van der Waals surface area contributed by atoms with Crippen LogP contribution >= 0.6 is 0 Å². The summed E-state index contributed by atoms with van der Waals surface area (Å²) in [5, 5.41) is 9.57. The first-order valence-electron chi connectivity index (χ1n) is 18.2. The number of carbonyl (C=O) groups excluding carboxylic acids is 2. The predicted octanol–water partition coefficient (Wildman–Crippen LogP) is 9.01. The number of aliphatic carboxylic acids is 1. The highest BCUT2D eigenvalue weighted by molar-refractivity contribution is 5.72. The molecule has 0 aromatic heterocycles. The molecule has 0 aromatic carbocycles. The van der Waals surface area contributed by atoms with E-state index in [4.69, 9.17) is 14.2 Å². The number of likely N-dealkylation sites (N-methyl/N-ethyl adjacent to an activating group) is 1. The Kier molecular flexibility index (Phi) is 29.5. The van der Waals surface area contributed by atoms with E-state index >= 15 is 0 Å². The van der Waals surface area contributed by atoms with Crippen molar-refractivity contribution in [3.8, 4) is 0 Å². The first kappa shape index (κ1) is 45.5. The van der Waals surface area contributed by atoms with Gasteiger partial charge in [-0.1, -0.05) is 118 Å². The number of allylic oxidation sites excluding steroid dienone is 14. The average molecular weight is 685 g/mol. The molecule has 2 unspecified atom stereocenters. The fourth-order valence-corrected chi connectivity index (χ4v) is 4.63. The molecule has 8 heteroatoms. The molecule has 0 aromatic rings. The van der Waals surface area contributed by atoms with Gasteiger partial charge in [-0.25, -0.2) is 4.79 Å². The minimum atomic E-state index is -0.893. The summed E-state index contributed by atoms with van der Waals surface area (Å²) in [4.78, 5) is 36.7. The maximum atomic E-state index is 12.6. The van der Waals surface area contributed by atoms with E-state index < -0.39 is 18.1 Å². The molecule has 0 aliphatic heterocycles. The van der Waals surface area contributed by atoms with E-state index in [1.54, 1.807) is 0 Å². The minimum absolute atomic E-state index is 0.0268. The summed E-state index contributed by atoms with van der Waals surface area (Å²) in [5.74, 6) is -1.60. The molecule has 0 saturated heterocycles. The zero-order chi connectivity index (χ0) is 36.4. The Labute approximate surface area is 297 Å². The second-order valence-corrected chi connectivity index (χ2v) is 12.8. The maximum Gasteiger partial charge on any atom is 0.362 e. The lowest BCUT2D eigenvalue weighted by Gasteiger charge is -2.31. The van der Waals surface area contributed by atoms with Gasteiger partial charge < -0.3 is 23.8 Å². The number of carboxylic acids is 1. The summed E-state index contributed by atoms with van der Waals surface area (Å²) < 4.78 is 17.1. The first-order chi connectivity index (χ1) is 23.6. The van der Waals surface area contributed by atoms with Crippen LogP contribution in [0.25, 0.3) is 0 Å². The van der Waals surface area contributed by atoms with Gasteiger partial charge in [-0.05, 0) is 51.4 Å². The summed E-state index contributed by atoms with van der Waals surface area (Å²) in [6, 6.07) is -0.631. The lowest BCUT2D eigenvalue weighted by Crippen LogP contribution is -2.50. The number of carboxylic acid groups (broad SMARTS) is 1. The van der Waals surface area contributed by atoms with Crippen LogP contribution in [-0.4, -0.2) is 80.6 Å². The Morgan fingerprint density at radius 1 is 0.633 bits per heavy atom. The number of rotatable bonds is 30. The van der Waals surface area contributed by atoms with Crippen LogP contribution in [0, 0.1) is 0 Å². The lowest BCUT2D eigenvalue weighted by molar-refractivity contribution is -0.887. The number of ether oxygens (including phenoxy) is 3. The standard InChI is InChI=1S/C41H65NO7/c1-6-8-10-12-14-16-18-20-22-23-25-27-29-31-39(43)48-36-37(35-47-34-33-38(41(45)46)42(3,4)5)49-40(44)32-30-28-26-24-21-19-17-15-13-11-9-7-2/h8-12,14-18,20,22-23,25,37-38H,6-7,13,19,21,24,26-36H2,1-5H3/p+1/b10-8+,11-9+,14-12+,17-15+,18-16+,22-20+,25-23+. The Morgan fingerprint density at radius 3 is 1.86 bits per heavy atom. The highest BCUT2D eigenvalue weighted by atomic mass is 16.6. The largest absolute Gasteiger partial charge is 0.477 e. The van der Waals surface area contributed by atoms with Crippen LogP contribution in [0.4, 0.5) is 0 Å². The lowest BCUT2D eigenvalue weighted by atomic mass is 10.1. The smallest absolute Gasteiger partial charge is 0.362 e. The SMILES string of the molecule is CC/C=C/C=C/C=C/C=C/C=C/CCCC(=O)OCC(COCCC(C(=O)O)[N+](C)(C)C)OC(=O)CCCCCCC/C=C/C/C=C/CC. The van der Waals surface area contributed by atoms with Gasteiger partial charge in [0.05, 0.1) is 34.4 Å². The number of esters is 2. The van der Waals surface area contributed by atoms with E-state index in [2.05, 4.69) is 44.2 Å². The van der Waals surface area contributed by atoms with Crippen LogP contribution in [-0.2, 0) is 28.6 Å². The molecule has 0 radical (unpaired) electrons. The van der Waals surface area contributed by atoms with Gasteiger partial charge in [0.2, 0.25) is 0 Å². The molecule has 0 spiro atoms. The van der Waals surface area contributed by atoms with Crippen LogP contribution < -0.4 is 0 Å². The van der Waals surface area contributed by atoms with Gasteiger partial charge in [-0.2, -0.15) is 0 Å². The van der Waals surface area contributed by atoms with Gasteiger partial charge >= 0.3 is 17.9 Å². The van der Waals surface area contributed by atoms with Crippen molar-refractivity contribution < 1.29 is 38.2 Å². The van der Waals surface area contributed by atoms with Crippen molar-refractivity contribution in [1.82, 2.24) is 0 Å². The molecule has 2 atom stereocenters. The molecule has 0 aliphatic carbocycles. The van der Waals surface area contributed by atoms with Crippen molar-refractivity contribution in [3.63, 3.8) is 0 Å². The molecule has 8 nitrogen and oxygen atoms in total. The molecule has 0 saturated carbocycles. The van der Waals surface area contributed by atoms with Crippen LogP contribution in [0.3, 0.4) is 0 Å². The van der Waals surface area contributed by atoms with Crippen molar-refractivity contribution in [1.29, 1.82) is 0 Å². The summed E-state index contributed by atoms with van der Waals surface area (Å²) in [6.45, 7) is 4.34. The third-order valence-corrected chi connectivity index (χ3v) is 7.42. The van der Waals surface area contributed by atoms with Crippen LogP contribution in [0.15, 0.2) is 85.1 Å². The molecule has 276 valence electrons. The molecule has 1 N–H and O–H groups in total. The van der Waals surface area contributed by atoms with Gasteiger partial charge in [0, 0.05) is 19.3 Å². The molecule has 49 heavy (non-hydrogen) atoms. The van der Waals surface area contributed by atoms with Crippen LogP contribution in [0.2, 0.25) is 0 Å². The Hall–Kier alpha value is -3.49. The van der Waals surface area contributed by atoms with E-state index in [-0.39, 0.29) is 42.7 Å². The van der Waals surface area contributed by atoms with E-state index in [1.165, 1.54) is 0 Å². The van der Waals surface area contributed by atoms with Gasteiger partial charge in [0.15, 0.2) is 12.1 Å². The Bertz CT molecular complexity index is 1080. The van der Waals surface area contributed by atoms with E-state index in [0.29, 0.717) is 19.3 Å². The topological polar surface area (TPSA) is 99.1 Å². The average Bonchev–Trinajstić information content (AvgIpc) is 3.05. The van der Waals surface area contributed by atoms with E-state index in [1.807, 2.05) is 75.8 Å². The van der Waals surface area contributed by atoms with Gasteiger partial charge in [-0.3, -0.25) is 9.59 Å². The molecule has 0 heterocycles. The highest BCUT2D eigenvalue weighted by Gasteiger charge is 2.31. The van der Waals surface area contributed by atoms with Crippen molar-refractivity contribution in [2.75, 3.05) is 41.0 Å². The van der Waals surface area contributed by atoms with Gasteiger partial charge in [0.25, 0.3) is 0 Å². The number of quaternary nitrogens is 1. The third-order valence-electron chi connectivity index (χ3n) is 7.42. The number of hydrogen-bond acceptors (Lipinski definition) is 6. The maximum absolute atomic E-state index is 12.6. The van der Waals surface area contributed by atoms with Gasteiger partial charge in [0.1, 0.15) is 6.61 Å².